The highest BCUT2D eigenvalue weighted by Crippen LogP contribution is 2.43. The van der Waals surface area contributed by atoms with Gasteiger partial charge in [0.1, 0.15) is 0 Å². The Morgan fingerprint density at radius 3 is 2.62 bits per heavy atom. The topological polar surface area (TPSA) is 20.2 Å². The minimum Gasteiger partial charge on any atom is -0.393 e. The van der Waals surface area contributed by atoms with Crippen LogP contribution in [0.1, 0.15) is 47.5 Å². The summed E-state index contributed by atoms with van der Waals surface area (Å²) in [5, 5.41) is 9.72. The van der Waals surface area contributed by atoms with Crippen LogP contribution in [0.15, 0.2) is 23.8 Å². The van der Waals surface area contributed by atoms with Crippen LogP contribution in [-0.2, 0) is 0 Å². The minimum absolute atomic E-state index is 0.199. The highest BCUT2D eigenvalue weighted by molar-refractivity contribution is 5.22. The van der Waals surface area contributed by atoms with Gasteiger partial charge in [-0.3, -0.25) is 0 Å². The summed E-state index contributed by atoms with van der Waals surface area (Å²) in [6.45, 7) is 11.0. The van der Waals surface area contributed by atoms with E-state index in [2.05, 4.69) is 45.9 Å². The van der Waals surface area contributed by atoms with E-state index >= 15 is 0 Å². The molecule has 1 N–H and O–H groups in total. The molecule has 3 unspecified atom stereocenters. The molecular weight excluding hydrogens is 196 g/mol. The van der Waals surface area contributed by atoms with Crippen LogP contribution in [0.25, 0.3) is 0 Å². The average Bonchev–Trinajstić information content (AvgIpc) is 2.50. The molecule has 16 heavy (non-hydrogen) atoms. The van der Waals surface area contributed by atoms with Gasteiger partial charge < -0.3 is 5.11 Å². The Labute approximate surface area is 100 Å². The molecule has 0 aromatic heterocycles. The first-order chi connectivity index (χ1) is 7.39. The molecule has 1 heteroatoms. The molecule has 0 amide bonds. The molecule has 0 aliphatic heterocycles. The van der Waals surface area contributed by atoms with Crippen LogP contribution in [0.3, 0.4) is 0 Å². The van der Waals surface area contributed by atoms with Gasteiger partial charge in [0, 0.05) is 0 Å². The molecule has 0 saturated carbocycles. The zero-order valence-electron chi connectivity index (χ0n) is 11.3. The van der Waals surface area contributed by atoms with Gasteiger partial charge in [0.05, 0.1) is 6.10 Å². The van der Waals surface area contributed by atoms with Crippen molar-refractivity contribution in [1.82, 2.24) is 0 Å². The van der Waals surface area contributed by atoms with Crippen LogP contribution in [0.5, 0.6) is 0 Å². The van der Waals surface area contributed by atoms with Crippen molar-refractivity contribution in [3.05, 3.63) is 23.8 Å². The maximum atomic E-state index is 9.72. The summed E-state index contributed by atoms with van der Waals surface area (Å²) in [6, 6.07) is 0. The lowest BCUT2D eigenvalue weighted by Gasteiger charge is -2.27. The summed E-state index contributed by atoms with van der Waals surface area (Å²) in [5.74, 6) is 0.862. The van der Waals surface area contributed by atoms with Gasteiger partial charge in [-0.25, -0.2) is 0 Å². The first-order valence-corrected chi connectivity index (χ1v) is 6.43. The number of hydrogen-bond donors (Lipinski definition) is 1. The van der Waals surface area contributed by atoms with Gasteiger partial charge >= 0.3 is 0 Å². The van der Waals surface area contributed by atoms with Crippen LogP contribution < -0.4 is 0 Å². The zero-order chi connectivity index (χ0) is 12.3. The summed E-state index contributed by atoms with van der Waals surface area (Å²) >= 11 is 0. The van der Waals surface area contributed by atoms with Crippen molar-refractivity contribution in [2.45, 2.75) is 53.6 Å². The number of rotatable bonds is 4. The molecule has 0 aromatic rings. The van der Waals surface area contributed by atoms with E-state index in [0.717, 1.165) is 12.8 Å². The smallest absolute Gasteiger partial charge is 0.0597 e. The molecule has 0 aromatic carbocycles. The molecule has 0 fully saturated rings. The molecule has 1 nitrogen and oxygen atoms in total. The number of aliphatic hydroxyl groups is 1. The van der Waals surface area contributed by atoms with Crippen molar-refractivity contribution in [2.24, 2.45) is 17.3 Å². The van der Waals surface area contributed by atoms with Crippen LogP contribution in [0.2, 0.25) is 0 Å². The molecule has 0 radical (unpaired) electrons. The first kappa shape index (κ1) is 13.5. The molecule has 0 saturated heterocycles. The quantitative estimate of drug-likeness (QED) is 0.714. The Balaban J connectivity index is 2.60. The first-order valence-electron chi connectivity index (χ1n) is 6.43. The van der Waals surface area contributed by atoms with E-state index in [4.69, 9.17) is 0 Å². The molecule has 0 heterocycles. The van der Waals surface area contributed by atoms with Gasteiger partial charge in [0.15, 0.2) is 0 Å². The van der Waals surface area contributed by atoms with Crippen molar-refractivity contribution < 1.29 is 5.11 Å². The second-order valence-electron chi connectivity index (χ2n) is 5.67. The fourth-order valence-electron chi connectivity index (χ4n) is 2.28. The lowest BCUT2D eigenvalue weighted by atomic mass is 9.77. The van der Waals surface area contributed by atoms with Gasteiger partial charge in [0.2, 0.25) is 0 Å². The molecule has 1 aliphatic carbocycles. The van der Waals surface area contributed by atoms with E-state index in [1.54, 1.807) is 0 Å². The van der Waals surface area contributed by atoms with Crippen LogP contribution in [0.4, 0.5) is 0 Å². The van der Waals surface area contributed by atoms with E-state index in [1.807, 2.05) is 6.92 Å². The third kappa shape index (κ3) is 2.76. The van der Waals surface area contributed by atoms with E-state index < -0.39 is 0 Å². The SMILES string of the molecule is CCC(O)C(C)/C=C/C1CC=C(C)C1(C)C. The monoisotopic (exact) mass is 222 g/mol. The third-order valence-corrected chi connectivity index (χ3v) is 4.29. The van der Waals surface area contributed by atoms with Crippen molar-refractivity contribution in [2.75, 3.05) is 0 Å². The molecule has 92 valence electrons. The van der Waals surface area contributed by atoms with Crippen molar-refractivity contribution >= 4 is 0 Å². The van der Waals surface area contributed by atoms with E-state index in [0.29, 0.717) is 5.92 Å². The molecule has 3 atom stereocenters. The summed E-state index contributed by atoms with van der Waals surface area (Å²) in [7, 11) is 0. The highest BCUT2D eigenvalue weighted by atomic mass is 16.3. The van der Waals surface area contributed by atoms with Crippen LogP contribution in [0, 0.1) is 17.3 Å². The predicted molar refractivity (Wildman–Crippen MR) is 70.2 cm³/mol. The Kier molecular flexibility index (Phi) is 4.37. The van der Waals surface area contributed by atoms with E-state index in [1.165, 1.54) is 5.57 Å². The molecule has 0 spiro atoms. The largest absolute Gasteiger partial charge is 0.393 e. The van der Waals surface area contributed by atoms with Crippen molar-refractivity contribution in [3.63, 3.8) is 0 Å². The summed E-state index contributed by atoms with van der Waals surface area (Å²) in [5.41, 5.74) is 1.78. The summed E-state index contributed by atoms with van der Waals surface area (Å²) in [6.07, 6.45) is 8.61. The van der Waals surface area contributed by atoms with Crippen molar-refractivity contribution in [1.29, 1.82) is 0 Å². The number of hydrogen-bond acceptors (Lipinski definition) is 1. The average molecular weight is 222 g/mol. The maximum Gasteiger partial charge on any atom is 0.0597 e. The standard InChI is InChI=1S/C15H26O/c1-6-14(16)11(2)7-9-13-10-8-12(3)15(13,4)5/h7-9,11,13-14,16H,6,10H2,1-5H3/b9-7+. The molecule has 0 bridgehead atoms. The van der Waals surface area contributed by atoms with Crippen LogP contribution >= 0.6 is 0 Å². The lowest BCUT2D eigenvalue weighted by Crippen LogP contribution is -2.19. The third-order valence-electron chi connectivity index (χ3n) is 4.29. The second kappa shape index (κ2) is 5.18. The normalized spacial score (nSPS) is 28.1. The fraction of sp³-hybridized carbons (Fsp3) is 0.733. The van der Waals surface area contributed by atoms with Crippen molar-refractivity contribution in [3.8, 4) is 0 Å². The van der Waals surface area contributed by atoms with Gasteiger partial charge in [0.25, 0.3) is 0 Å². The summed E-state index contributed by atoms with van der Waals surface area (Å²) < 4.78 is 0. The minimum atomic E-state index is -0.199. The van der Waals surface area contributed by atoms with Crippen LogP contribution in [-0.4, -0.2) is 11.2 Å². The Morgan fingerprint density at radius 2 is 2.19 bits per heavy atom. The fourth-order valence-corrected chi connectivity index (χ4v) is 2.28. The summed E-state index contributed by atoms with van der Waals surface area (Å²) in [4.78, 5) is 0. The number of allylic oxidation sites excluding steroid dienone is 3. The Hall–Kier alpha value is -0.560. The second-order valence-corrected chi connectivity index (χ2v) is 5.67. The lowest BCUT2D eigenvalue weighted by molar-refractivity contribution is 0.133. The zero-order valence-corrected chi connectivity index (χ0v) is 11.3. The van der Waals surface area contributed by atoms with E-state index in [9.17, 15) is 5.11 Å². The van der Waals surface area contributed by atoms with E-state index in [-0.39, 0.29) is 17.4 Å². The molecule has 1 aliphatic rings. The van der Waals surface area contributed by atoms with Gasteiger partial charge in [-0.05, 0) is 37.0 Å². The maximum absolute atomic E-state index is 9.72. The highest BCUT2D eigenvalue weighted by Gasteiger charge is 2.32. The molecular formula is C15H26O. The van der Waals surface area contributed by atoms with Gasteiger partial charge in [-0.1, -0.05) is 51.5 Å². The Bertz CT molecular complexity index is 286. The van der Waals surface area contributed by atoms with Gasteiger partial charge in [-0.2, -0.15) is 0 Å². The van der Waals surface area contributed by atoms with Gasteiger partial charge in [-0.15, -0.1) is 0 Å². The predicted octanol–water partition coefficient (Wildman–Crippen LogP) is 3.94. The molecule has 1 rings (SSSR count). The number of aliphatic hydroxyl groups excluding tert-OH is 1. The Morgan fingerprint density at radius 1 is 1.56 bits per heavy atom.